The van der Waals surface area contributed by atoms with Gasteiger partial charge in [-0.2, -0.15) is 5.06 Å². The largest absolute Gasteiger partial charge is 0.390 e. The lowest BCUT2D eigenvalue weighted by Gasteiger charge is -2.20. The Labute approximate surface area is 74.9 Å². The number of rotatable bonds is 0. The predicted molar refractivity (Wildman–Crippen MR) is 40.2 cm³/mol. The summed E-state index contributed by atoms with van der Waals surface area (Å²) in [6, 6.07) is -0.542. The van der Waals surface area contributed by atoms with Gasteiger partial charge in [-0.1, -0.05) is 0 Å². The minimum absolute atomic E-state index is 0.542. The SMILES string of the molecule is CN1OC(O)[C@@H]2[C@@H](O)[C@H](O)[C@@H](O)[C@@H]21. The highest BCUT2D eigenvalue weighted by atomic mass is 16.8. The highest BCUT2D eigenvalue weighted by molar-refractivity contribution is 5.04. The van der Waals surface area contributed by atoms with Crippen molar-refractivity contribution in [3.05, 3.63) is 0 Å². The molecule has 2 fully saturated rings. The Balaban J connectivity index is 2.25. The zero-order valence-electron chi connectivity index (χ0n) is 7.11. The Morgan fingerprint density at radius 1 is 1.00 bits per heavy atom. The van der Waals surface area contributed by atoms with Crippen LogP contribution >= 0.6 is 0 Å². The van der Waals surface area contributed by atoms with Gasteiger partial charge in [0.2, 0.25) is 0 Å². The monoisotopic (exact) mass is 191 g/mol. The second-order valence-electron chi connectivity index (χ2n) is 3.58. The van der Waals surface area contributed by atoms with Crippen LogP contribution in [0.3, 0.4) is 0 Å². The summed E-state index contributed by atoms with van der Waals surface area (Å²) in [5.74, 6) is -0.644. The first-order chi connectivity index (χ1) is 6.04. The van der Waals surface area contributed by atoms with E-state index in [1.54, 1.807) is 7.05 Å². The number of nitrogens with zero attached hydrogens (tertiary/aromatic N) is 1. The van der Waals surface area contributed by atoms with Crippen LogP contribution in [-0.2, 0) is 4.84 Å². The molecule has 0 aromatic rings. The average molecular weight is 191 g/mol. The molecule has 0 aromatic carbocycles. The lowest BCUT2D eigenvalue weighted by Crippen LogP contribution is -2.39. The first-order valence-corrected chi connectivity index (χ1v) is 4.16. The molecule has 1 unspecified atom stereocenters. The van der Waals surface area contributed by atoms with Crippen LogP contribution in [0.15, 0.2) is 0 Å². The Hall–Kier alpha value is -0.240. The van der Waals surface area contributed by atoms with Crippen molar-refractivity contribution in [3.63, 3.8) is 0 Å². The molecule has 0 spiro atoms. The highest BCUT2D eigenvalue weighted by Gasteiger charge is 2.58. The van der Waals surface area contributed by atoms with Crippen molar-refractivity contribution < 1.29 is 25.3 Å². The van der Waals surface area contributed by atoms with Gasteiger partial charge in [-0.3, -0.25) is 4.84 Å². The fourth-order valence-corrected chi connectivity index (χ4v) is 2.17. The van der Waals surface area contributed by atoms with Crippen LogP contribution in [-0.4, -0.2) is 63.2 Å². The Morgan fingerprint density at radius 2 is 1.62 bits per heavy atom. The maximum Gasteiger partial charge on any atom is 0.181 e. The number of likely N-dealkylation sites (N-methyl/N-ethyl adjacent to an activating group) is 1. The first-order valence-electron chi connectivity index (χ1n) is 4.16. The van der Waals surface area contributed by atoms with Crippen molar-refractivity contribution in [2.45, 2.75) is 30.6 Å². The Morgan fingerprint density at radius 3 is 2.15 bits per heavy atom. The average Bonchev–Trinajstić information content (AvgIpc) is 2.47. The highest BCUT2D eigenvalue weighted by Crippen LogP contribution is 2.38. The Bertz CT molecular complexity index is 193. The van der Waals surface area contributed by atoms with Gasteiger partial charge in [0.25, 0.3) is 0 Å². The van der Waals surface area contributed by atoms with Gasteiger partial charge in [-0.15, -0.1) is 0 Å². The van der Waals surface area contributed by atoms with Gasteiger partial charge in [-0.05, 0) is 0 Å². The van der Waals surface area contributed by atoms with Crippen LogP contribution in [0, 0.1) is 5.92 Å². The summed E-state index contributed by atoms with van der Waals surface area (Å²) < 4.78 is 0. The van der Waals surface area contributed by atoms with E-state index < -0.39 is 36.6 Å². The fourth-order valence-electron chi connectivity index (χ4n) is 2.17. The second kappa shape index (κ2) is 2.88. The van der Waals surface area contributed by atoms with Crippen molar-refractivity contribution in [1.82, 2.24) is 5.06 Å². The summed E-state index contributed by atoms with van der Waals surface area (Å²) in [6.45, 7) is 0. The predicted octanol–water partition coefficient (Wildman–Crippen LogP) is -2.74. The summed E-state index contributed by atoms with van der Waals surface area (Å²) in [7, 11) is 1.54. The van der Waals surface area contributed by atoms with Crippen LogP contribution in [0.4, 0.5) is 0 Å². The molecule has 6 heteroatoms. The van der Waals surface area contributed by atoms with Crippen molar-refractivity contribution in [3.8, 4) is 0 Å². The minimum Gasteiger partial charge on any atom is -0.390 e. The summed E-state index contributed by atoms with van der Waals surface area (Å²) in [5.41, 5.74) is 0. The third-order valence-corrected chi connectivity index (χ3v) is 2.86. The maximum absolute atomic E-state index is 9.48. The molecule has 0 radical (unpaired) electrons. The number of hydroxylamine groups is 2. The third kappa shape index (κ3) is 1.11. The molecule has 0 amide bonds. The molecule has 6 atom stereocenters. The van der Waals surface area contributed by atoms with Crippen LogP contribution in [0.1, 0.15) is 0 Å². The molecule has 1 heterocycles. The molecule has 76 valence electrons. The van der Waals surface area contributed by atoms with E-state index in [2.05, 4.69) is 0 Å². The summed E-state index contributed by atoms with van der Waals surface area (Å²) in [6.07, 6.45) is -4.59. The van der Waals surface area contributed by atoms with Crippen molar-refractivity contribution in [2.24, 2.45) is 5.92 Å². The van der Waals surface area contributed by atoms with Gasteiger partial charge in [0.15, 0.2) is 6.29 Å². The quantitative estimate of drug-likeness (QED) is 0.332. The zero-order valence-corrected chi connectivity index (χ0v) is 7.11. The van der Waals surface area contributed by atoms with E-state index in [-0.39, 0.29) is 0 Å². The molecule has 0 aromatic heterocycles. The van der Waals surface area contributed by atoms with E-state index in [1.807, 2.05) is 0 Å². The van der Waals surface area contributed by atoms with E-state index in [0.29, 0.717) is 0 Å². The van der Waals surface area contributed by atoms with Gasteiger partial charge in [0, 0.05) is 7.05 Å². The number of aliphatic hydroxyl groups is 4. The molecule has 2 aliphatic rings. The van der Waals surface area contributed by atoms with Crippen molar-refractivity contribution in [2.75, 3.05) is 7.05 Å². The topological polar surface area (TPSA) is 93.4 Å². The van der Waals surface area contributed by atoms with E-state index >= 15 is 0 Å². The van der Waals surface area contributed by atoms with Crippen LogP contribution in [0.5, 0.6) is 0 Å². The molecule has 1 saturated carbocycles. The van der Waals surface area contributed by atoms with Gasteiger partial charge < -0.3 is 20.4 Å². The fraction of sp³-hybridized carbons (Fsp3) is 1.00. The summed E-state index contributed by atoms with van der Waals surface area (Å²) >= 11 is 0. The van der Waals surface area contributed by atoms with Gasteiger partial charge in [-0.25, -0.2) is 0 Å². The molecule has 1 aliphatic heterocycles. The normalized spacial score (nSPS) is 57.0. The molecular weight excluding hydrogens is 178 g/mol. The van der Waals surface area contributed by atoms with E-state index in [1.165, 1.54) is 5.06 Å². The number of fused-ring (bicyclic) bond motifs is 1. The maximum atomic E-state index is 9.48. The van der Waals surface area contributed by atoms with Crippen LogP contribution in [0.25, 0.3) is 0 Å². The van der Waals surface area contributed by atoms with Crippen molar-refractivity contribution in [1.29, 1.82) is 0 Å². The molecule has 1 aliphatic carbocycles. The molecule has 0 bridgehead atoms. The van der Waals surface area contributed by atoms with Crippen LogP contribution < -0.4 is 0 Å². The minimum atomic E-state index is -1.21. The summed E-state index contributed by atoms with van der Waals surface area (Å²) in [4.78, 5) is 4.88. The molecule has 6 nitrogen and oxygen atoms in total. The van der Waals surface area contributed by atoms with E-state index in [0.717, 1.165) is 0 Å². The number of hydrogen-bond acceptors (Lipinski definition) is 6. The summed E-state index contributed by atoms with van der Waals surface area (Å²) in [5, 5.41) is 38.9. The first kappa shape index (κ1) is 9.32. The van der Waals surface area contributed by atoms with Gasteiger partial charge in [0.1, 0.15) is 12.2 Å². The van der Waals surface area contributed by atoms with Crippen LogP contribution in [0.2, 0.25) is 0 Å². The second-order valence-corrected chi connectivity index (χ2v) is 3.58. The van der Waals surface area contributed by atoms with Crippen molar-refractivity contribution >= 4 is 0 Å². The standard InChI is InChI=1S/C7H13NO5/c1-8-3-2(7(12)13-8)4(9)6(11)5(3)10/h2-7,9-12H,1H3/t2-,3+,4+,5-,6-,7?/m0/s1. The van der Waals surface area contributed by atoms with E-state index in [4.69, 9.17) is 4.84 Å². The molecule has 4 N–H and O–H groups in total. The third-order valence-electron chi connectivity index (χ3n) is 2.86. The number of aliphatic hydroxyl groups excluding tert-OH is 4. The molecule has 2 rings (SSSR count). The van der Waals surface area contributed by atoms with Gasteiger partial charge >= 0.3 is 0 Å². The lowest BCUT2D eigenvalue weighted by atomic mass is 10.0. The number of hydrogen-bond donors (Lipinski definition) is 4. The smallest absolute Gasteiger partial charge is 0.181 e. The molecular formula is C7H13NO5. The molecule has 13 heavy (non-hydrogen) atoms. The van der Waals surface area contributed by atoms with Gasteiger partial charge in [0.05, 0.1) is 18.1 Å². The zero-order chi connectivity index (χ0) is 9.75. The van der Waals surface area contributed by atoms with E-state index in [9.17, 15) is 20.4 Å². The Kier molecular flexibility index (Phi) is 2.06. The molecule has 1 saturated heterocycles. The lowest BCUT2D eigenvalue weighted by molar-refractivity contribution is -0.233.